The highest BCUT2D eigenvalue weighted by molar-refractivity contribution is 9.10. The molecular weight excluding hydrogens is 350 g/mol. The molecule has 0 saturated carbocycles. The quantitative estimate of drug-likeness (QED) is 0.802. The van der Waals surface area contributed by atoms with Crippen LogP contribution in [0.4, 0.5) is 0 Å². The van der Waals surface area contributed by atoms with Crippen LogP contribution in [0.25, 0.3) is 0 Å². The molecular formula is C15H20BrN3OS. The van der Waals surface area contributed by atoms with Gasteiger partial charge in [0, 0.05) is 54.8 Å². The van der Waals surface area contributed by atoms with Crippen molar-refractivity contribution in [2.75, 3.05) is 37.7 Å². The molecule has 1 unspecified atom stereocenters. The zero-order valence-electron chi connectivity index (χ0n) is 12.0. The molecule has 0 spiro atoms. The van der Waals surface area contributed by atoms with Gasteiger partial charge in [0.1, 0.15) is 0 Å². The summed E-state index contributed by atoms with van der Waals surface area (Å²) in [6, 6.07) is 2.57. The van der Waals surface area contributed by atoms with Gasteiger partial charge in [-0.2, -0.15) is 11.8 Å². The van der Waals surface area contributed by atoms with Crippen LogP contribution in [-0.4, -0.2) is 64.4 Å². The summed E-state index contributed by atoms with van der Waals surface area (Å²) in [7, 11) is 0. The third-order valence-electron chi connectivity index (χ3n) is 4.19. The van der Waals surface area contributed by atoms with Crippen molar-refractivity contribution >= 4 is 33.6 Å². The smallest absolute Gasteiger partial charge is 0.255 e. The fraction of sp³-hybridized carbons (Fsp3) is 0.600. The second kappa shape index (κ2) is 7.11. The maximum Gasteiger partial charge on any atom is 0.255 e. The van der Waals surface area contributed by atoms with Gasteiger partial charge in [0.05, 0.1) is 5.56 Å². The number of aromatic nitrogens is 1. The second-order valence-electron chi connectivity index (χ2n) is 5.59. The van der Waals surface area contributed by atoms with Crippen molar-refractivity contribution in [1.29, 1.82) is 0 Å². The van der Waals surface area contributed by atoms with E-state index in [4.69, 9.17) is 0 Å². The molecule has 2 fully saturated rings. The lowest BCUT2D eigenvalue weighted by Crippen LogP contribution is -2.39. The van der Waals surface area contributed by atoms with Crippen molar-refractivity contribution < 1.29 is 4.79 Å². The number of pyridine rings is 1. The summed E-state index contributed by atoms with van der Waals surface area (Å²) >= 11 is 5.43. The van der Waals surface area contributed by atoms with E-state index in [1.165, 1.54) is 17.9 Å². The summed E-state index contributed by atoms with van der Waals surface area (Å²) in [4.78, 5) is 21.2. The molecule has 2 aliphatic rings. The minimum Gasteiger partial charge on any atom is -0.337 e. The molecule has 1 amide bonds. The van der Waals surface area contributed by atoms with Crippen LogP contribution >= 0.6 is 27.7 Å². The molecule has 3 heterocycles. The molecule has 21 heavy (non-hydrogen) atoms. The second-order valence-corrected chi connectivity index (χ2v) is 7.66. The molecule has 4 nitrogen and oxygen atoms in total. The molecule has 114 valence electrons. The fourth-order valence-corrected chi connectivity index (χ4v) is 4.65. The number of halogens is 1. The van der Waals surface area contributed by atoms with Crippen molar-refractivity contribution in [1.82, 2.24) is 14.8 Å². The Morgan fingerprint density at radius 2 is 2.19 bits per heavy atom. The van der Waals surface area contributed by atoms with Gasteiger partial charge < -0.3 is 4.90 Å². The van der Waals surface area contributed by atoms with Gasteiger partial charge in [0.15, 0.2) is 0 Å². The summed E-state index contributed by atoms with van der Waals surface area (Å²) in [6.45, 7) is 3.79. The average Bonchev–Trinajstić information content (AvgIpc) is 2.91. The van der Waals surface area contributed by atoms with Gasteiger partial charge in [-0.3, -0.25) is 14.7 Å². The number of carbonyl (C=O) groups excluding carboxylic acids is 1. The predicted molar refractivity (Wildman–Crippen MR) is 89.8 cm³/mol. The van der Waals surface area contributed by atoms with E-state index in [1.807, 2.05) is 11.0 Å². The highest BCUT2D eigenvalue weighted by atomic mass is 79.9. The molecule has 2 saturated heterocycles. The standard InChI is InChI=1S/C15H20BrN3OS/c16-13-8-12(9-17-10-13)15(20)19-4-1-3-18(5-6-19)14-2-7-21-11-14/h8-10,14H,1-7,11H2. The van der Waals surface area contributed by atoms with Crippen LogP contribution in [0.1, 0.15) is 23.2 Å². The lowest BCUT2D eigenvalue weighted by Gasteiger charge is -2.26. The van der Waals surface area contributed by atoms with E-state index in [1.54, 1.807) is 12.4 Å². The Balaban J connectivity index is 1.63. The van der Waals surface area contributed by atoms with Gasteiger partial charge in [-0.1, -0.05) is 0 Å². The number of amides is 1. The highest BCUT2D eigenvalue weighted by Gasteiger charge is 2.26. The minimum atomic E-state index is 0.103. The van der Waals surface area contributed by atoms with Crippen LogP contribution in [0, 0.1) is 0 Å². The zero-order chi connectivity index (χ0) is 14.7. The molecule has 0 aliphatic carbocycles. The van der Waals surface area contributed by atoms with E-state index < -0.39 is 0 Å². The van der Waals surface area contributed by atoms with E-state index in [0.29, 0.717) is 5.56 Å². The van der Waals surface area contributed by atoms with Crippen LogP contribution in [0.5, 0.6) is 0 Å². The maximum atomic E-state index is 12.6. The fourth-order valence-electron chi connectivity index (χ4n) is 3.03. The van der Waals surface area contributed by atoms with E-state index in [-0.39, 0.29) is 5.91 Å². The molecule has 0 radical (unpaired) electrons. The zero-order valence-corrected chi connectivity index (χ0v) is 14.4. The van der Waals surface area contributed by atoms with Crippen LogP contribution in [0.3, 0.4) is 0 Å². The third kappa shape index (κ3) is 3.79. The van der Waals surface area contributed by atoms with E-state index in [9.17, 15) is 4.79 Å². The van der Waals surface area contributed by atoms with Gasteiger partial charge in [0.25, 0.3) is 5.91 Å². The van der Waals surface area contributed by atoms with Gasteiger partial charge in [0.2, 0.25) is 0 Å². The summed E-state index contributed by atoms with van der Waals surface area (Å²) < 4.78 is 0.854. The van der Waals surface area contributed by atoms with Gasteiger partial charge >= 0.3 is 0 Å². The molecule has 1 aromatic rings. The normalized spacial score (nSPS) is 24.0. The van der Waals surface area contributed by atoms with E-state index in [0.717, 1.165) is 43.1 Å². The molecule has 2 aliphatic heterocycles. The Hall–Kier alpha value is -0.590. The first kappa shape index (κ1) is 15.3. The van der Waals surface area contributed by atoms with Gasteiger partial charge in [-0.05, 0) is 40.6 Å². The van der Waals surface area contributed by atoms with Crippen LogP contribution < -0.4 is 0 Å². The predicted octanol–water partition coefficient (Wildman–Crippen LogP) is 2.50. The Morgan fingerprint density at radius 3 is 2.95 bits per heavy atom. The average molecular weight is 370 g/mol. The third-order valence-corrected chi connectivity index (χ3v) is 5.77. The first-order valence-corrected chi connectivity index (χ1v) is 9.40. The summed E-state index contributed by atoms with van der Waals surface area (Å²) in [5.41, 5.74) is 0.675. The lowest BCUT2D eigenvalue weighted by molar-refractivity contribution is 0.0758. The number of nitrogens with zero attached hydrogens (tertiary/aromatic N) is 3. The maximum absolute atomic E-state index is 12.6. The van der Waals surface area contributed by atoms with Crippen molar-refractivity contribution in [3.05, 3.63) is 28.5 Å². The van der Waals surface area contributed by atoms with Crippen LogP contribution in [-0.2, 0) is 0 Å². The molecule has 0 aromatic carbocycles. The number of hydrogen-bond donors (Lipinski definition) is 0. The van der Waals surface area contributed by atoms with Gasteiger partial charge in [-0.25, -0.2) is 0 Å². The number of carbonyl (C=O) groups is 1. The Morgan fingerprint density at radius 1 is 1.29 bits per heavy atom. The Kier molecular flexibility index (Phi) is 5.19. The molecule has 0 bridgehead atoms. The largest absolute Gasteiger partial charge is 0.337 e. The van der Waals surface area contributed by atoms with E-state index >= 15 is 0 Å². The Labute approximate surface area is 138 Å². The monoisotopic (exact) mass is 369 g/mol. The molecule has 6 heteroatoms. The summed E-state index contributed by atoms with van der Waals surface area (Å²) in [5.74, 6) is 2.64. The van der Waals surface area contributed by atoms with Crippen LogP contribution in [0.2, 0.25) is 0 Å². The Bertz CT molecular complexity index is 507. The number of rotatable bonds is 2. The highest BCUT2D eigenvalue weighted by Crippen LogP contribution is 2.23. The van der Waals surface area contributed by atoms with Crippen molar-refractivity contribution in [2.45, 2.75) is 18.9 Å². The number of thioether (sulfide) groups is 1. The van der Waals surface area contributed by atoms with Crippen LogP contribution in [0.15, 0.2) is 22.9 Å². The van der Waals surface area contributed by atoms with Crippen molar-refractivity contribution in [3.8, 4) is 0 Å². The molecule has 1 atom stereocenters. The minimum absolute atomic E-state index is 0.103. The van der Waals surface area contributed by atoms with E-state index in [2.05, 4.69) is 37.6 Å². The molecule has 0 N–H and O–H groups in total. The number of hydrogen-bond acceptors (Lipinski definition) is 4. The summed E-state index contributed by atoms with van der Waals surface area (Å²) in [6.07, 6.45) is 5.73. The van der Waals surface area contributed by atoms with Gasteiger partial charge in [-0.15, -0.1) is 0 Å². The summed E-state index contributed by atoms with van der Waals surface area (Å²) in [5, 5.41) is 0. The SMILES string of the molecule is O=C(c1cncc(Br)c1)N1CCCN(C2CCSC2)CC1. The van der Waals surface area contributed by atoms with Crippen molar-refractivity contribution in [2.24, 2.45) is 0 Å². The topological polar surface area (TPSA) is 36.4 Å². The molecule has 1 aromatic heterocycles. The lowest BCUT2D eigenvalue weighted by atomic mass is 10.2. The molecule has 3 rings (SSSR count). The first-order valence-electron chi connectivity index (χ1n) is 7.45. The van der Waals surface area contributed by atoms with Crippen molar-refractivity contribution in [3.63, 3.8) is 0 Å². The first-order chi connectivity index (χ1) is 10.2.